The molecular weight excluding hydrogens is 189 g/mol. The van der Waals surface area contributed by atoms with Crippen LogP contribution in [0.5, 0.6) is 0 Å². The smallest absolute Gasteiger partial charge is 0 e. The normalized spacial score (nSPS) is 6.00. The van der Waals surface area contributed by atoms with E-state index in [-0.39, 0.29) is 38.6 Å². The van der Waals surface area contributed by atoms with Crippen molar-refractivity contribution in [2.24, 2.45) is 0 Å². The Bertz CT molecular complexity index is 19.2. The Labute approximate surface area is 70.8 Å². The summed E-state index contributed by atoms with van der Waals surface area (Å²) in [6.45, 7) is 6.03. The molecule has 0 N–H and O–H groups in total. The standard InChI is InChI=1S/C4H10N.ClH.Zr/c1-3-5-4-2;;/h3-4H2,1-2H3;1H;/q-1;;. The van der Waals surface area contributed by atoms with Gasteiger partial charge in [0, 0.05) is 26.2 Å². The Balaban J connectivity index is -0.0000000800. The molecule has 0 rings (SSSR count). The molecule has 0 unspecified atom stereocenters. The quantitative estimate of drug-likeness (QED) is 0.645. The van der Waals surface area contributed by atoms with E-state index in [2.05, 4.69) is 5.32 Å². The van der Waals surface area contributed by atoms with E-state index in [9.17, 15) is 0 Å². The van der Waals surface area contributed by atoms with Gasteiger partial charge in [-0.3, -0.25) is 0 Å². The molecule has 7 heavy (non-hydrogen) atoms. The summed E-state index contributed by atoms with van der Waals surface area (Å²) in [5, 5.41) is 3.97. The summed E-state index contributed by atoms with van der Waals surface area (Å²) < 4.78 is 0. The van der Waals surface area contributed by atoms with E-state index in [1.54, 1.807) is 0 Å². The fourth-order valence-corrected chi connectivity index (χ4v) is 0.224. The van der Waals surface area contributed by atoms with Crippen LogP contribution in [0, 0.1) is 0 Å². The first-order valence-corrected chi connectivity index (χ1v) is 2.05. The van der Waals surface area contributed by atoms with Gasteiger partial charge in [0.25, 0.3) is 0 Å². The fraction of sp³-hybridized carbons (Fsp3) is 1.00. The molecule has 0 aliphatic heterocycles. The molecule has 0 heterocycles. The molecule has 0 aromatic rings. The van der Waals surface area contributed by atoms with E-state index in [0.717, 1.165) is 13.1 Å². The first-order valence-electron chi connectivity index (χ1n) is 2.05. The summed E-state index contributed by atoms with van der Waals surface area (Å²) >= 11 is 0. The van der Waals surface area contributed by atoms with E-state index in [0.29, 0.717) is 0 Å². The second kappa shape index (κ2) is 15.7. The van der Waals surface area contributed by atoms with Crippen molar-refractivity contribution in [2.45, 2.75) is 13.8 Å². The van der Waals surface area contributed by atoms with Crippen molar-refractivity contribution in [2.75, 3.05) is 13.1 Å². The van der Waals surface area contributed by atoms with Crippen LogP contribution in [0.3, 0.4) is 0 Å². The molecule has 0 spiro atoms. The van der Waals surface area contributed by atoms with Crippen molar-refractivity contribution >= 4 is 12.4 Å². The minimum absolute atomic E-state index is 0. The number of halogens is 1. The van der Waals surface area contributed by atoms with Crippen LogP contribution < -0.4 is 0 Å². The van der Waals surface area contributed by atoms with Crippen molar-refractivity contribution in [3.8, 4) is 0 Å². The fourth-order valence-electron chi connectivity index (χ4n) is 0.224. The largest absolute Gasteiger partial charge is 0.663 e. The maximum atomic E-state index is 3.97. The van der Waals surface area contributed by atoms with E-state index in [4.69, 9.17) is 0 Å². The summed E-state index contributed by atoms with van der Waals surface area (Å²) in [6.07, 6.45) is 0. The van der Waals surface area contributed by atoms with Crippen LogP contribution >= 0.6 is 12.4 Å². The average Bonchev–Trinajstić information content (AvgIpc) is 1.41. The molecule has 0 aliphatic rings. The maximum absolute atomic E-state index is 3.97. The summed E-state index contributed by atoms with van der Waals surface area (Å²) in [7, 11) is 0. The van der Waals surface area contributed by atoms with Crippen molar-refractivity contribution in [3.05, 3.63) is 5.32 Å². The van der Waals surface area contributed by atoms with Crippen LogP contribution in [0.1, 0.15) is 13.8 Å². The van der Waals surface area contributed by atoms with Gasteiger partial charge in [0.05, 0.1) is 0 Å². The summed E-state index contributed by atoms with van der Waals surface area (Å²) in [5.41, 5.74) is 0. The SMILES string of the molecule is CC[N-]CC.Cl.[Zr]. The maximum Gasteiger partial charge on any atom is 0 e. The van der Waals surface area contributed by atoms with Gasteiger partial charge in [-0.05, 0) is 0 Å². The van der Waals surface area contributed by atoms with E-state index >= 15 is 0 Å². The van der Waals surface area contributed by atoms with E-state index in [1.165, 1.54) is 0 Å². The molecule has 0 fully saturated rings. The van der Waals surface area contributed by atoms with Crippen LogP contribution in [-0.4, -0.2) is 13.1 Å². The monoisotopic (exact) mass is 198 g/mol. The first kappa shape index (κ1) is 15.7. The molecule has 0 amide bonds. The van der Waals surface area contributed by atoms with E-state index in [1.807, 2.05) is 13.8 Å². The third-order valence-corrected chi connectivity index (χ3v) is 0.447. The van der Waals surface area contributed by atoms with Gasteiger partial charge in [0.2, 0.25) is 0 Å². The third kappa shape index (κ3) is 19.1. The zero-order chi connectivity index (χ0) is 4.12. The van der Waals surface area contributed by atoms with Gasteiger partial charge in [-0.25, -0.2) is 0 Å². The summed E-state index contributed by atoms with van der Waals surface area (Å²) in [5.74, 6) is 0. The minimum atomic E-state index is 0. The van der Waals surface area contributed by atoms with Crippen LogP contribution in [0.25, 0.3) is 5.32 Å². The third-order valence-electron chi connectivity index (χ3n) is 0.447. The average molecular weight is 200 g/mol. The van der Waals surface area contributed by atoms with Crippen molar-refractivity contribution < 1.29 is 26.2 Å². The topological polar surface area (TPSA) is 14.1 Å². The number of rotatable bonds is 2. The molecule has 0 aromatic carbocycles. The predicted octanol–water partition coefficient (Wildman–Crippen LogP) is 1.82. The molecule has 0 aliphatic carbocycles. The van der Waals surface area contributed by atoms with Crippen molar-refractivity contribution in [1.29, 1.82) is 0 Å². The number of hydrogen-bond acceptors (Lipinski definition) is 0. The molecule has 0 saturated heterocycles. The molecule has 1 nitrogen and oxygen atoms in total. The number of hydrogen-bond donors (Lipinski definition) is 0. The molecule has 3 heteroatoms. The van der Waals surface area contributed by atoms with Crippen LogP contribution in [0.4, 0.5) is 0 Å². The second-order valence-electron chi connectivity index (χ2n) is 0.856. The van der Waals surface area contributed by atoms with Gasteiger partial charge >= 0.3 is 0 Å². The minimum Gasteiger partial charge on any atom is -0.663 e. The van der Waals surface area contributed by atoms with Gasteiger partial charge in [0.15, 0.2) is 0 Å². The number of nitrogens with zero attached hydrogens (tertiary/aromatic N) is 1. The summed E-state index contributed by atoms with van der Waals surface area (Å²) in [6, 6.07) is 0. The Kier molecular flexibility index (Phi) is 35.2. The van der Waals surface area contributed by atoms with Crippen LogP contribution in [0.15, 0.2) is 0 Å². The molecule has 0 atom stereocenters. The molecule has 0 saturated carbocycles. The van der Waals surface area contributed by atoms with Gasteiger partial charge < -0.3 is 5.32 Å². The van der Waals surface area contributed by atoms with Crippen molar-refractivity contribution in [1.82, 2.24) is 0 Å². The molecule has 0 aromatic heterocycles. The molecular formula is C4H11ClNZr-. The second-order valence-corrected chi connectivity index (χ2v) is 0.856. The van der Waals surface area contributed by atoms with Crippen molar-refractivity contribution in [3.63, 3.8) is 0 Å². The van der Waals surface area contributed by atoms with Gasteiger partial charge in [-0.2, -0.15) is 13.1 Å². The van der Waals surface area contributed by atoms with E-state index < -0.39 is 0 Å². The summed E-state index contributed by atoms with van der Waals surface area (Å²) in [4.78, 5) is 0. The Morgan fingerprint density at radius 1 is 1.14 bits per heavy atom. The first-order chi connectivity index (χ1) is 2.41. The molecule has 0 bridgehead atoms. The Morgan fingerprint density at radius 2 is 1.43 bits per heavy atom. The Morgan fingerprint density at radius 3 is 1.43 bits per heavy atom. The van der Waals surface area contributed by atoms with Gasteiger partial charge in [-0.1, -0.05) is 13.8 Å². The Hall–Kier alpha value is 1.13. The molecule has 44 valence electrons. The van der Waals surface area contributed by atoms with Crippen LogP contribution in [-0.2, 0) is 26.2 Å². The van der Waals surface area contributed by atoms with Gasteiger partial charge in [-0.15, -0.1) is 12.4 Å². The molecule has 0 radical (unpaired) electrons. The van der Waals surface area contributed by atoms with Crippen LogP contribution in [0.2, 0.25) is 0 Å². The predicted molar refractivity (Wildman–Crippen MR) is 31.7 cm³/mol. The zero-order valence-corrected chi connectivity index (χ0v) is 8.04. The van der Waals surface area contributed by atoms with Gasteiger partial charge in [0.1, 0.15) is 0 Å². The zero-order valence-electron chi connectivity index (χ0n) is 4.77.